The molecule has 108 valence electrons. The molecule has 2 saturated carbocycles. The highest BCUT2D eigenvalue weighted by Gasteiger charge is 2.36. The highest BCUT2D eigenvalue weighted by atomic mass is 32.2. The molecule has 3 aliphatic rings. The van der Waals surface area contributed by atoms with Crippen molar-refractivity contribution in [3.05, 3.63) is 0 Å². The third-order valence-corrected chi connectivity index (χ3v) is 7.40. The average Bonchev–Trinajstić information content (AvgIpc) is 2.90. The molecule has 2 aliphatic carbocycles. The first-order chi connectivity index (χ1) is 9.30. The van der Waals surface area contributed by atoms with Gasteiger partial charge in [-0.15, -0.1) is 0 Å². The second-order valence-corrected chi connectivity index (χ2v) is 8.58. The van der Waals surface area contributed by atoms with Crippen LogP contribution in [-0.4, -0.2) is 35.0 Å². The van der Waals surface area contributed by atoms with Crippen molar-refractivity contribution in [2.75, 3.05) is 18.6 Å². The Labute approximate surface area is 126 Å². The van der Waals surface area contributed by atoms with Crippen molar-refractivity contribution < 1.29 is 0 Å². The van der Waals surface area contributed by atoms with Crippen LogP contribution in [0.25, 0.3) is 0 Å². The number of rotatable bonds is 2. The van der Waals surface area contributed by atoms with Crippen molar-refractivity contribution in [3.8, 4) is 0 Å². The third kappa shape index (κ3) is 3.44. The molecule has 1 aliphatic heterocycles. The van der Waals surface area contributed by atoms with Crippen LogP contribution in [0, 0.1) is 5.41 Å². The Kier molecular flexibility index (Phi) is 4.68. The number of thioether (sulfide) groups is 2. The van der Waals surface area contributed by atoms with Crippen molar-refractivity contribution >= 4 is 28.7 Å². The van der Waals surface area contributed by atoms with Gasteiger partial charge in [0.05, 0.1) is 0 Å². The maximum Gasteiger partial charge on any atom is 0.156 e. The van der Waals surface area contributed by atoms with Crippen LogP contribution in [0.1, 0.15) is 51.4 Å². The maximum atomic E-state index is 4.87. The first-order valence-electron chi connectivity index (χ1n) is 7.76. The van der Waals surface area contributed by atoms with Crippen molar-refractivity contribution in [3.63, 3.8) is 0 Å². The van der Waals surface area contributed by atoms with Gasteiger partial charge in [0, 0.05) is 23.6 Å². The van der Waals surface area contributed by atoms with Gasteiger partial charge < -0.3 is 5.32 Å². The van der Waals surface area contributed by atoms with Gasteiger partial charge in [0.2, 0.25) is 0 Å². The van der Waals surface area contributed by atoms with E-state index in [-0.39, 0.29) is 0 Å². The molecule has 2 fully saturated rings. The van der Waals surface area contributed by atoms with E-state index < -0.39 is 0 Å². The van der Waals surface area contributed by atoms with Gasteiger partial charge in [-0.05, 0) is 43.8 Å². The van der Waals surface area contributed by atoms with E-state index in [4.69, 9.17) is 4.99 Å². The summed E-state index contributed by atoms with van der Waals surface area (Å²) in [6.07, 6.45) is 13.4. The van der Waals surface area contributed by atoms with E-state index in [1.54, 1.807) is 0 Å². The molecule has 4 heteroatoms. The Bertz CT molecular complexity index is 337. The maximum absolute atomic E-state index is 4.87. The molecule has 3 rings (SSSR count). The van der Waals surface area contributed by atoms with E-state index in [0.717, 1.165) is 11.8 Å². The summed E-state index contributed by atoms with van der Waals surface area (Å²) in [4.78, 5) is 4.87. The number of nitrogens with one attached hydrogen (secondary N) is 1. The highest BCUT2D eigenvalue weighted by molar-refractivity contribution is 8.13. The minimum Gasteiger partial charge on any atom is -0.362 e. The summed E-state index contributed by atoms with van der Waals surface area (Å²) >= 11 is 4.03. The predicted molar refractivity (Wildman–Crippen MR) is 88.4 cm³/mol. The second kappa shape index (κ2) is 6.30. The third-order valence-electron chi connectivity index (χ3n) is 5.02. The molecule has 0 amide bonds. The fourth-order valence-electron chi connectivity index (χ4n) is 3.73. The summed E-state index contributed by atoms with van der Waals surface area (Å²) in [5, 5.41) is 5.83. The summed E-state index contributed by atoms with van der Waals surface area (Å²) in [6, 6.07) is 0.676. The number of nitrogens with zero attached hydrogens (tertiary/aromatic N) is 1. The van der Waals surface area contributed by atoms with Crippen molar-refractivity contribution in [2.45, 2.75) is 62.7 Å². The minimum absolute atomic E-state index is 0.574. The summed E-state index contributed by atoms with van der Waals surface area (Å²) in [5.74, 6) is 1.30. The fraction of sp³-hybridized carbons (Fsp3) is 0.933. The number of hydrogen-bond acceptors (Lipinski definition) is 4. The number of amidine groups is 1. The van der Waals surface area contributed by atoms with Crippen LogP contribution < -0.4 is 5.32 Å². The van der Waals surface area contributed by atoms with E-state index in [9.17, 15) is 0 Å². The molecule has 1 heterocycles. The van der Waals surface area contributed by atoms with Crippen LogP contribution in [-0.2, 0) is 0 Å². The van der Waals surface area contributed by atoms with Gasteiger partial charge in [0.15, 0.2) is 5.17 Å². The van der Waals surface area contributed by atoms with E-state index >= 15 is 0 Å². The van der Waals surface area contributed by atoms with Crippen LogP contribution in [0.15, 0.2) is 4.99 Å². The lowest BCUT2D eigenvalue weighted by molar-refractivity contribution is 0.356. The van der Waals surface area contributed by atoms with Crippen molar-refractivity contribution in [1.82, 2.24) is 5.32 Å². The molecule has 0 saturated heterocycles. The van der Waals surface area contributed by atoms with Gasteiger partial charge in [0.1, 0.15) is 0 Å². The molecule has 0 aromatic rings. The number of hydrogen-bond donors (Lipinski definition) is 1. The molecule has 1 spiro atoms. The Balaban J connectivity index is 1.52. The SMILES string of the molecule is CSC1CCCC(NC2=NCC3(CCCC3)CS2)C1. The molecule has 2 unspecified atom stereocenters. The fourth-order valence-corrected chi connectivity index (χ4v) is 5.79. The van der Waals surface area contributed by atoms with Crippen LogP contribution in [0.3, 0.4) is 0 Å². The van der Waals surface area contributed by atoms with E-state index in [2.05, 4.69) is 11.6 Å². The predicted octanol–water partition coefficient (Wildman–Crippen LogP) is 3.91. The standard InChI is InChI=1S/C15H26N2S2/c1-18-13-6-4-5-12(9-13)17-14-16-10-15(11-19-14)7-2-3-8-15/h12-13H,2-11H2,1H3,(H,16,17). The molecule has 0 radical (unpaired) electrons. The van der Waals surface area contributed by atoms with Crippen molar-refractivity contribution in [1.29, 1.82) is 0 Å². The van der Waals surface area contributed by atoms with Crippen LogP contribution in [0.4, 0.5) is 0 Å². The smallest absolute Gasteiger partial charge is 0.156 e. The number of aliphatic imine (C=N–C) groups is 1. The molecule has 2 atom stereocenters. The van der Waals surface area contributed by atoms with E-state index in [1.807, 2.05) is 23.5 Å². The van der Waals surface area contributed by atoms with Gasteiger partial charge >= 0.3 is 0 Å². The van der Waals surface area contributed by atoms with Crippen molar-refractivity contribution in [2.24, 2.45) is 10.4 Å². The monoisotopic (exact) mass is 298 g/mol. The van der Waals surface area contributed by atoms with E-state index in [1.165, 1.54) is 62.3 Å². The van der Waals surface area contributed by atoms with Gasteiger partial charge in [0.25, 0.3) is 0 Å². The zero-order valence-electron chi connectivity index (χ0n) is 12.0. The van der Waals surface area contributed by atoms with Crippen LogP contribution in [0.2, 0.25) is 0 Å². The summed E-state index contributed by atoms with van der Waals surface area (Å²) in [5.41, 5.74) is 0.574. The first-order valence-corrected chi connectivity index (χ1v) is 10.0. The highest BCUT2D eigenvalue weighted by Crippen LogP contribution is 2.43. The topological polar surface area (TPSA) is 24.4 Å². The average molecular weight is 299 g/mol. The Morgan fingerprint density at radius 1 is 1.26 bits per heavy atom. The first kappa shape index (κ1) is 14.1. The lowest BCUT2D eigenvalue weighted by atomic mass is 9.89. The normalized spacial score (nSPS) is 34.3. The van der Waals surface area contributed by atoms with E-state index in [0.29, 0.717) is 11.5 Å². The van der Waals surface area contributed by atoms with Gasteiger partial charge in [-0.2, -0.15) is 11.8 Å². The summed E-state index contributed by atoms with van der Waals surface area (Å²) < 4.78 is 0. The molecule has 0 aromatic heterocycles. The molecular weight excluding hydrogens is 272 g/mol. The lowest BCUT2D eigenvalue weighted by Crippen LogP contribution is -2.41. The Morgan fingerprint density at radius 3 is 2.79 bits per heavy atom. The Morgan fingerprint density at radius 2 is 2.11 bits per heavy atom. The summed E-state index contributed by atoms with van der Waals surface area (Å²) in [6.45, 7) is 1.08. The summed E-state index contributed by atoms with van der Waals surface area (Å²) in [7, 11) is 0. The molecule has 0 aromatic carbocycles. The molecule has 2 nitrogen and oxygen atoms in total. The molecule has 19 heavy (non-hydrogen) atoms. The molecule has 0 bridgehead atoms. The second-order valence-electron chi connectivity index (χ2n) is 6.48. The largest absolute Gasteiger partial charge is 0.362 e. The minimum atomic E-state index is 0.574. The quantitative estimate of drug-likeness (QED) is 0.836. The van der Waals surface area contributed by atoms with Crippen LogP contribution >= 0.6 is 23.5 Å². The van der Waals surface area contributed by atoms with Gasteiger partial charge in [-0.3, -0.25) is 4.99 Å². The zero-order chi connectivity index (χ0) is 13.1. The van der Waals surface area contributed by atoms with Gasteiger partial charge in [-0.1, -0.05) is 31.0 Å². The Hall–Kier alpha value is 0.170. The van der Waals surface area contributed by atoms with Gasteiger partial charge in [-0.25, -0.2) is 0 Å². The van der Waals surface area contributed by atoms with Crippen LogP contribution in [0.5, 0.6) is 0 Å². The zero-order valence-corrected chi connectivity index (χ0v) is 13.6. The molecular formula is C15H26N2S2. The molecule has 1 N–H and O–H groups in total. The lowest BCUT2D eigenvalue weighted by Gasteiger charge is -2.34.